The molecule has 0 aliphatic rings. The maximum absolute atomic E-state index is 12.5. The highest BCUT2D eigenvalue weighted by atomic mass is 19.4. The van der Waals surface area contributed by atoms with Gasteiger partial charge in [-0.05, 0) is 13.3 Å². The van der Waals surface area contributed by atoms with Gasteiger partial charge in [0.25, 0.3) is 0 Å². The maximum Gasteiger partial charge on any atom is 0.413 e. The number of nitrogens with zero attached hydrogens (tertiary/aromatic N) is 2. The number of nitrogens with two attached hydrogens (primary N) is 1. The molecular weight excluding hydrogens is 209 g/mol. The van der Waals surface area contributed by atoms with Crippen LogP contribution in [0, 0.1) is 0 Å². The minimum absolute atomic E-state index is 0.418. The van der Waals surface area contributed by atoms with Crippen LogP contribution in [0.25, 0.3) is 0 Å². The highest BCUT2D eigenvalue weighted by Crippen LogP contribution is 2.34. The number of aromatic nitrogens is 3. The topological polar surface area (TPSA) is 67.6 Å². The summed E-state index contributed by atoms with van der Waals surface area (Å²) in [7, 11) is 0. The Balaban J connectivity index is 2.95. The maximum atomic E-state index is 12.5. The zero-order valence-electron chi connectivity index (χ0n) is 8.52. The van der Waals surface area contributed by atoms with Crippen molar-refractivity contribution < 1.29 is 13.2 Å². The summed E-state index contributed by atoms with van der Waals surface area (Å²) in [6.07, 6.45) is -3.22. The number of hydrogen-bond donors (Lipinski definition) is 2. The lowest BCUT2D eigenvalue weighted by Gasteiger charge is -2.23. The predicted molar refractivity (Wildman–Crippen MR) is 48.0 cm³/mol. The molecule has 0 saturated carbocycles. The van der Waals surface area contributed by atoms with Crippen LogP contribution in [0.4, 0.5) is 13.2 Å². The molecule has 3 N–H and O–H groups in total. The molecule has 1 aromatic rings. The fourth-order valence-electron chi connectivity index (χ4n) is 1.00. The quantitative estimate of drug-likeness (QED) is 0.814. The van der Waals surface area contributed by atoms with E-state index < -0.39 is 17.5 Å². The number of alkyl halides is 3. The van der Waals surface area contributed by atoms with Gasteiger partial charge in [0, 0.05) is 6.42 Å². The Morgan fingerprint density at radius 3 is 2.47 bits per heavy atom. The first kappa shape index (κ1) is 12.0. The Morgan fingerprint density at radius 1 is 1.40 bits per heavy atom. The predicted octanol–water partition coefficient (Wildman–Crippen LogP) is 1.49. The van der Waals surface area contributed by atoms with Gasteiger partial charge >= 0.3 is 6.18 Å². The van der Waals surface area contributed by atoms with E-state index in [4.69, 9.17) is 5.73 Å². The molecule has 1 unspecified atom stereocenters. The lowest BCUT2D eigenvalue weighted by atomic mass is 10.0. The average molecular weight is 222 g/mol. The molecule has 0 amide bonds. The van der Waals surface area contributed by atoms with Crippen LogP contribution in [0.5, 0.6) is 0 Å². The Bertz CT molecular complexity index is 329. The van der Waals surface area contributed by atoms with Crippen LogP contribution in [-0.4, -0.2) is 21.4 Å². The Labute approximate surface area is 85.1 Å². The molecule has 1 atom stereocenters. The number of rotatable bonds is 3. The van der Waals surface area contributed by atoms with E-state index in [0.29, 0.717) is 12.2 Å². The molecule has 0 bridgehead atoms. The molecule has 1 heterocycles. The Hall–Kier alpha value is -1.11. The van der Waals surface area contributed by atoms with Crippen LogP contribution in [-0.2, 0) is 12.0 Å². The Kier molecular flexibility index (Phi) is 3.03. The number of halogens is 3. The average Bonchev–Trinajstić information content (AvgIpc) is 2.51. The molecule has 0 aliphatic carbocycles. The molecule has 1 rings (SSSR count). The van der Waals surface area contributed by atoms with Gasteiger partial charge in [-0.25, -0.2) is 4.98 Å². The monoisotopic (exact) mass is 222 g/mol. The van der Waals surface area contributed by atoms with Crippen molar-refractivity contribution in [2.45, 2.75) is 38.4 Å². The van der Waals surface area contributed by atoms with Gasteiger partial charge in [0.1, 0.15) is 5.82 Å². The minimum Gasteiger partial charge on any atom is -0.311 e. The van der Waals surface area contributed by atoms with Gasteiger partial charge in [0.15, 0.2) is 11.4 Å². The van der Waals surface area contributed by atoms with Crippen LogP contribution < -0.4 is 5.73 Å². The van der Waals surface area contributed by atoms with Crippen LogP contribution in [0.2, 0.25) is 0 Å². The first-order chi connectivity index (χ1) is 6.79. The lowest BCUT2D eigenvalue weighted by Crippen LogP contribution is -2.48. The highest BCUT2D eigenvalue weighted by Gasteiger charge is 2.52. The summed E-state index contributed by atoms with van der Waals surface area (Å²) >= 11 is 0. The molecule has 0 radical (unpaired) electrons. The molecule has 7 heteroatoms. The number of aromatic amines is 1. The summed E-state index contributed by atoms with van der Waals surface area (Å²) in [5.74, 6) is 0.00637. The molecule has 0 aliphatic heterocycles. The summed E-state index contributed by atoms with van der Waals surface area (Å²) in [5.41, 5.74) is 2.65. The van der Waals surface area contributed by atoms with E-state index in [1.165, 1.54) is 0 Å². The van der Waals surface area contributed by atoms with Gasteiger partial charge < -0.3 is 5.73 Å². The van der Waals surface area contributed by atoms with Gasteiger partial charge in [-0.1, -0.05) is 6.92 Å². The van der Waals surface area contributed by atoms with Crippen LogP contribution in [0.15, 0.2) is 0 Å². The molecule has 1 aromatic heterocycles. The number of aryl methyl sites for hydroxylation is 1. The van der Waals surface area contributed by atoms with Crippen molar-refractivity contribution in [3.05, 3.63) is 11.6 Å². The van der Waals surface area contributed by atoms with Crippen molar-refractivity contribution in [2.75, 3.05) is 0 Å². The third-order valence-corrected chi connectivity index (χ3v) is 2.07. The van der Waals surface area contributed by atoms with Crippen molar-refractivity contribution >= 4 is 0 Å². The first-order valence-electron chi connectivity index (χ1n) is 4.56. The van der Waals surface area contributed by atoms with E-state index >= 15 is 0 Å². The zero-order chi connectivity index (χ0) is 11.7. The molecule has 0 spiro atoms. The molecule has 0 fully saturated rings. The standard InChI is InChI=1S/C8H13F3N4/c1-3-4-5-13-6(15-14-5)7(2,12)8(9,10)11/h3-4,12H2,1-2H3,(H,13,14,15). The van der Waals surface area contributed by atoms with Crippen molar-refractivity contribution in [2.24, 2.45) is 5.73 Å². The van der Waals surface area contributed by atoms with Gasteiger partial charge in [0.2, 0.25) is 0 Å². The third kappa shape index (κ3) is 2.28. The minimum atomic E-state index is -4.56. The molecular formula is C8H13F3N4. The summed E-state index contributed by atoms with van der Waals surface area (Å²) in [6.45, 7) is 2.75. The van der Waals surface area contributed by atoms with E-state index in [1.807, 2.05) is 6.92 Å². The van der Waals surface area contributed by atoms with Crippen LogP contribution in [0.3, 0.4) is 0 Å². The highest BCUT2D eigenvalue weighted by molar-refractivity contribution is 5.07. The van der Waals surface area contributed by atoms with Crippen LogP contribution >= 0.6 is 0 Å². The summed E-state index contributed by atoms with van der Waals surface area (Å²) in [6, 6.07) is 0. The Morgan fingerprint density at radius 2 is 2.00 bits per heavy atom. The van der Waals surface area contributed by atoms with E-state index in [2.05, 4.69) is 15.2 Å². The van der Waals surface area contributed by atoms with E-state index in [0.717, 1.165) is 13.3 Å². The zero-order valence-corrected chi connectivity index (χ0v) is 8.52. The fraction of sp³-hybridized carbons (Fsp3) is 0.750. The lowest BCUT2D eigenvalue weighted by molar-refractivity contribution is -0.186. The molecule has 4 nitrogen and oxygen atoms in total. The van der Waals surface area contributed by atoms with E-state index in [9.17, 15) is 13.2 Å². The number of H-pyrrole nitrogens is 1. The molecule has 15 heavy (non-hydrogen) atoms. The second-order valence-electron chi connectivity index (χ2n) is 3.56. The van der Waals surface area contributed by atoms with Gasteiger partial charge in [0.05, 0.1) is 0 Å². The second-order valence-corrected chi connectivity index (χ2v) is 3.56. The normalized spacial score (nSPS) is 16.4. The molecule has 86 valence electrons. The fourth-order valence-corrected chi connectivity index (χ4v) is 1.00. The van der Waals surface area contributed by atoms with Crippen LogP contribution in [0.1, 0.15) is 31.9 Å². The largest absolute Gasteiger partial charge is 0.413 e. The van der Waals surface area contributed by atoms with Gasteiger partial charge in [-0.15, -0.1) is 0 Å². The SMILES string of the molecule is CCCc1nc(C(C)(N)C(F)(F)F)n[nH]1. The molecule has 0 aromatic carbocycles. The summed E-state index contributed by atoms with van der Waals surface area (Å²) in [4.78, 5) is 3.73. The van der Waals surface area contributed by atoms with Crippen molar-refractivity contribution in [3.8, 4) is 0 Å². The first-order valence-corrected chi connectivity index (χ1v) is 4.56. The van der Waals surface area contributed by atoms with Crippen molar-refractivity contribution in [1.29, 1.82) is 0 Å². The molecule has 0 saturated heterocycles. The van der Waals surface area contributed by atoms with Gasteiger partial charge in [-0.2, -0.15) is 18.3 Å². The summed E-state index contributed by atoms with van der Waals surface area (Å²) in [5, 5.41) is 5.94. The third-order valence-electron chi connectivity index (χ3n) is 2.07. The number of hydrogen-bond acceptors (Lipinski definition) is 3. The second kappa shape index (κ2) is 3.80. The van der Waals surface area contributed by atoms with E-state index in [1.54, 1.807) is 0 Å². The number of nitrogens with one attached hydrogen (secondary N) is 1. The van der Waals surface area contributed by atoms with Crippen molar-refractivity contribution in [1.82, 2.24) is 15.2 Å². The van der Waals surface area contributed by atoms with Gasteiger partial charge in [-0.3, -0.25) is 5.10 Å². The summed E-state index contributed by atoms with van der Waals surface area (Å²) < 4.78 is 37.5. The van der Waals surface area contributed by atoms with E-state index in [-0.39, 0.29) is 0 Å². The smallest absolute Gasteiger partial charge is 0.311 e. The van der Waals surface area contributed by atoms with Crippen molar-refractivity contribution in [3.63, 3.8) is 0 Å².